The summed E-state index contributed by atoms with van der Waals surface area (Å²) < 4.78 is 0. The maximum Gasteiger partial charge on any atom is 0.311 e. The first-order chi connectivity index (χ1) is 8.94. The standard InChI is InChI=1S/C13H18N2O3S/c1-4-13(2,12(17)18)8-15-10(16)9-6-5-7-14-11(9)19-3/h5-7H,4,8H2,1-3H3,(H,15,16)(H,17,18). The number of aromatic nitrogens is 1. The molecule has 19 heavy (non-hydrogen) atoms. The summed E-state index contributed by atoms with van der Waals surface area (Å²) in [6.45, 7) is 3.51. The Labute approximate surface area is 116 Å². The maximum absolute atomic E-state index is 12.1. The summed E-state index contributed by atoms with van der Waals surface area (Å²) in [7, 11) is 0. The van der Waals surface area contributed by atoms with Crippen molar-refractivity contribution in [1.82, 2.24) is 10.3 Å². The van der Waals surface area contributed by atoms with Crippen molar-refractivity contribution in [2.45, 2.75) is 25.3 Å². The molecule has 5 nitrogen and oxygen atoms in total. The van der Waals surface area contributed by atoms with Crippen LogP contribution in [-0.2, 0) is 4.79 Å². The average molecular weight is 282 g/mol. The van der Waals surface area contributed by atoms with E-state index in [0.29, 0.717) is 17.0 Å². The van der Waals surface area contributed by atoms with Gasteiger partial charge in [-0.1, -0.05) is 6.92 Å². The lowest BCUT2D eigenvalue weighted by Crippen LogP contribution is -2.40. The number of carboxylic acid groups (broad SMARTS) is 1. The molecule has 0 aliphatic carbocycles. The Morgan fingerprint density at radius 1 is 1.53 bits per heavy atom. The number of carboxylic acids is 1. The summed E-state index contributed by atoms with van der Waals surface area (Å²) in [5, 5.41) is 12.5. The number of aliphatic carboxylic acids is 1. The third-order valence-electron chi connectivity index (χ3n) is 3.14. The molecule has 0 bridgehead atoms. The van der Waals surface area contributed by atoms with Crippen LogP contribution in [0, 0.1) is 5.41 Å². The van der Waals surface area contributed by atoms with Crippen molar-refractivity contribution in [3.8, 4) is 0 Å². The second-order valence-corrected chi connectivity index (χ2v) is 5.26. The maximum atomic E-state index is 12.1. The van der Waals surface area contributed by atoms with E-state index in [1.54, 1.807) is 32.2 Å². The van der Waals surface area contributed by atoms with E-state index in [2.05, 4.69) is 10.3 Å². The summed E-state index contributed by atoms with van der Waals surface area (Å²) in [6.07, 6.45) is 3.91. The van der Waals surface area contributed by atoms with Crippen LogP contribution in [0.4, 0.5) is 0 Å². The molecule has 0 radical (unpaired) electrons. The molecule has 0 aliphatic heterocycles. The Morgan fingerprint density at radius 3 is 2.74 bits per heavy atom. The van der Waals surface area contributed by atoms with E-state index < -0.39 is 11.4 Å². The lowest BCUT2D eigenvalue weighted by molar-refractivity contribution is -0.147. The molecule has 1 rings (SSSR count). The van der Waals surface area contributed by atoms with Crippen molar-refractivity contribution in [2.75, 3.05) is 12.8 Å². The third-order valence-corrected chi connectivity index (χ3v) is 3.86. The minimum Gasteiger partial charge on any atom is -0.481 e. The molecule has 0 saturated heterocycles. The van der Waals surface area contributed by atoms with Gasteiger partial charge in [-0.15, -0.1) is 11.8 Å². The molecule has 6 heteroatoms. The van der Waals surface area contributed by atoms with E-state index in [9.17, 15) is 9.59 Å². The number of amides is 1. The fraction of sp³-hybridized carbons (Fsp3) is 0.462. The molecule has 0 spiro atoms. The van der Waals surface area contributed by atoms with Gasteiger partial charge in [0.2, 0.25) is 0 Å². The quantitative estimate of drug-likeness (QED) is 0.780. The highest BCUT2D eigenvalue weighted by Gasteiger charge is 2.31. The zero-order chi connectivity index (χ0) is 14.5. The molecule has 1 aromatic rings. The first kappa shape index (κ1) is 15.5. The highest BCUT2D eigenvalue weighted by atomic mass is 32.2. The molecule has 104 valence electrons. The van der Waals surface area contributed by atoms with Crippen LogP contribution in [-0.4, -0.2) is 34.8 Å². The average Bonchev–Trinajstić information content (AvgIpc) is 2.43. The van der Waals surface area contributed by atoms with Gasteiger partial charge in [0, 0.05) is 12.7 Å². The number of rotatable bonds is 6. The molecule has 1 unspecified atom stereocenters. The Kier molecular flexibility index (Phi) is 5.35. The minimum atomic E-state index is -0.947. The van der Waals surface area contributed by atoms with Crippen molar-refractivity contribution in [3.63, 3.8) is 0 Å². The van der Waals surface area contributed by atoms with E-state index in [-0.39, 0.29) is 12.5 Å². The van der Waals surface area contributed by atoms with Gasteiger partial charge in [-0.05, 0) is 31.7 Å². The Bertz CT molecular complexity index is 479. The van der Waals surface area contributed by atoms with Gasteiger partial charge in [0.25, 0.3) is 5.91 Å². The summed E-state index contributed by atoms with van der Waals surface area (Å²) in [5.74, 6) is -1.20. The third kappa shape index (κ3) is 3.70. The molecule has 0 saturated carbocycles. The van der Waals surface area contributed by atoms with Gasteiger partial charge in [-0.25, -0.2) is 4.98 Å². The Hall–Kier alpha value is -1.56. The highest BCUT2D eigenvalue weighted by Crippen LogP contribution is 2.21. The fourth-order valence-electron chi connectivity index (χ4n) is 1.45. The number of hydrogen-bond acceptors (Lipinski definition) is 4. The predicted molar refractivity (Wildman–Crippen MR) is 74.4 cm³/mol. The topological polar surface area (TPSA) is 79.3 Å². The highest BCUT2D eigenvalue weighted by molar-refractivity contribution is 7.98. The van der Waals surface area contributed by atoms with E-state index in [0.717, 1.165) is 0 Å². The van der Waals surface area contributed by atoms with E-state index in [4.69, 9.17) is 5.11 Å². The van der Waals surface area contributed by atoms with Crippen LogP contribution < -0.4 is 5.32 Å². The molecule has 0 aliphatic rings. The second kappa shape index (κ2) is 6.56. The number of pyridine rings is 1. The normalized spacial score (nSPS) is 13.6. The number of hydrogen-bond donors (Lipinski definition) is 2. The molecule has 0 aromatic carbocycles. The first-order valence-corrected chi connectivity index (χ1v) is 7.17. The molecule has 0 fully saturated rings. The number of nitrogens with one attached hydrogen (secondary N) is 1. The molecule has 1 aromatic heterocycles. The largest absolute Gasteiger partial charge is 0.481 e. The van der Waals surface area contributed by atoms with Crippen LogP contribution in [0.25, 0.3) is 0 Å². The van der Waals surface area contributed by atoms with Crippen LogP contribution in [0.15, 0.2) is 23.4 Å². The van der Waals surface area contributed by atoms with Crippen molar-refractivity contribution >= 4 is 23.6 Å². The van der Waals surface area contributed by atoms with E-state index in [1.807, 2.05) is 6.26 Å². The van der Waals surface area contributed by atoms with Crippen LogP contribution in [0.3, 0.4) is 0 Å². The zero-order valence-corrected chi connectivity index (χ0v) is 12.1. The molecule has 1 amide bonds. The van der Waals surface area contributed by atoms with Gasteiger partial charge in [0.1, 0.15) is 5.03 Å². The summed E-state index contributed by atoms with van der Waals surface area (Å²) in [6, 6.07) is 3.36. The summed E-state index contributed by atoms with van der Waals surface area (Å²) in [4.78, 5) is 27.3. The fourth-order valence-corrected chi connectivity index (χ4v) is 2.00. The molecule has 1 atom stereocenters. The predicted octanol–water partition coefficient (Wildman–Crippen LogP) is 2.03. The van der Waals surface area contributed by atoms with Crippen LogP contribution in [0.2, 0.25) is 0 Å². The molecular formula is C13H18N2O3S. The number of carbonyl (C=O) groups is 2. The van der Waals surface area contributed by atoms with E-state index in [1.165, 1.54) is 11.8 Å². The van der Waals surface area contributed by atoms with Crippen molar-refractivity contribution in [2.24, 2.45) is 5.41 Å². The summed E-state index contributed by atoms with van der Waals surface area (Å²) >= 11 is 1.38. The van der Waals surface area contributed by atoms with Gasteiger partial charge in [-0.2, -0.15) is 0 Å². The smallest absolute Gasteiger partial charge is 0.311 e. The number of carbonyl (C=O) groups excluding carboxylic acids is 1. The number of nitrogens with zero attached hydrogens (tertiary/aromatic N) is 1. The van der Waals surface area contributed by atoms with Crippen molar-refractivity contribution in [1.29, 1.82) is 0 Å². The SMILES string of the molecule is CCC(C)(CNC(=O)c1cccnc1SC)C(=O)O. The van der Waals surface area contributed by atoms with Crippen LogP contribution in [0.1, 0.15) is 30.6 Å². The zero-order valence-electron chi connectivity index (χ0n) is 11.3. The van der Waals surface area contributed by atoms with Gasteiger partial charge in [0.15, 0.2) is 0 Å². The number of thioether (sulfide) groups is 1. The lowest BCUT2D eigenvalue weighted by atomic mass is 9.87. The Balaban J connectivity index is 2.78. The van der Waals surface area contributed by atoms with Gasteiger partial charge in [-0.3, -0.25) is 9.59 Å². The molecular weight excluding hydrogens is 264 g/mol. The second-order valence-electron chi connectivity index (χ2n) is 4.46. The van der Waals surface area contributed by atoms with Gasteiger partial charge >= 0.3 is 5.97 Å². The monoisotopic (exact) mass is 282 g/mol. The van der Waals surface area contributed by atoms with Gasteiger partial charge < -0.3 is 10.4 Å². The van der Waals surface area contributed by atoms with Crippen molar-refractivity contribution < 1.29 is 14.7 Å². The minimum absolute atomic E-state index is 0.0976. The lowest BCUT2D eigenvalue weighted by Gasteiger charge is -2.23. The van der Waals surface area contributed by atoms with Crippen molar-refractivity contribution in [3.05, 3.63) is 23.9 Å². The van der Waals surface area contributed by atoms with Gasteiger partial charge in [0.05, 0.1) is 11.0 Å². The Morgan fingerprint density at radius 2 is 2.21 bits per heavy atom. The van der Waals surface area contributed by atoms with Crippen LogP contribution in [0.5, 0.6) is 0 Å². The first-order valence-electron chi connectivity index (χ1n) is 5.95. The van der Waals surface area contributed by atoms with Crippen LogP contribution >= 0.6 is 11.8 Å². The van der Waals surface area contributed by atoms with E-state index >= 15 is 0 Å². The molecule has 2 N–H and O–H groups in total. The summed E-state index contributed by atoms with van der Waals surface area (Å²) in [5.41, 5.74) is -0.476. The molecule has 1 heterocycles.